The molecule has 1 aliphatic carbocycles. The lowest BCUT2D eigenvalue weighted by atomic mass is 10.9. The molecule has 1 heteroatoms. The molecule has 0 radical (unpaired) electrons. The zero-order valence-electron chi connectivity index (χ0n) is 6.37. The van der Waals surface area contributed by atoms with Crippen LogP contribution in [0.4, 0.5) is 4.39 Å². The van der Waals surface area contributed by atoms with E-state index in [1.54, 1.807) is 0 Å². The molecule has 8 heavy (non-hydrogen) atoms. The van der Waals surface area contributed by atoms with E-state index in [0.717, 1.165) is 12.8 Å². The minimum absolute atomic E-state index is 0.417. The van der Waals surface area contributed by atoms with Gasteiger partial charge in [-0.3, -0.25) is 0 Å². The second-order valence-corrected chi connectivity index (χ2v) is 1.17. The fraction of sp³-hybridized carbons (Fsp3) is 1.00. The average molecular weight is 120 g/mol. The fourth-order valence-electron chi connectivity index (χ4n) is 0.0630. The molecule has 1 aliphatic rings. The monoisotopic (exact) mass is 120 g/mol. The molecule has 0 aromatic rings. The third-order valence-corrected chi connectivity index (χ3v) is 0.507. The van der Waals surface area contributed by atoms with Gasteiger partial charge in [0, 0.05) is 0 Å². The molecule has 0 aromatic heterocycles. The van der Waals surface area contributed by atoms with Gasteiger partial charge in [-0.25, -0.2) is 4.39 Å². The smallest absolute Gasteiger partial charge is 0.100 e. The zero-order valence-corrected chi connectivity index (χ0v) is 6.37. The maximum Gasteiger partial charge on any atom is 0.100 e. The van der Waals surface area contributed by atoms with Crippen LogP contribution in [0, 0.1) is 0 Å². The SMILES string of the molecule is CC.CC.FC1CC1. The van der Waals surface area contributed by atoms with Crippen LogP contribution in [-0.2, 0) is 0 Å². The van der Waals surface area contributed by atoms with Crippen molar-refractivity contribution >= 4 is 0 Å². The van der Waals surface area contributed by atoms with E-state index in [0.29, 0.717) is 0 Å². The lowest BCUT2D eigenvalue weighted by molar-refractivity contribution is 0.480. The predicted molar refractivity (Wildman–Crippen MR) is 36.8 cm³/mol. The van der Waals surface area contributed by atoms with E-state index in [-0.39, 0.29) is 0 Å². The van der Waals surface area contributed by atoms with Gasteiger partial charge < -0.3 is 0 Å². The van der Waals surface area contributed by atoms with E-state index < -0.39 is 6.17 Å². The maximum absolute atomic E-state index is 11.1. The van der Waals surface area contributed by atoms with Gasteiger partial charge in [0.2, 0.25) is 0 Å². The molecule has 0 unspecified atom stereocenters. The second kappa shape index (κ2) is 10.0. The Morgan fingerprint density at radius 1 is 1.00 bits per heavy atom. The van der Waals surface area contributed by atoms with Gasteiger partial charge in [-0.1, -0.05) is 27.7 Å². The molecular formula is C7H17F. The predicted octanol–water partition coefficient (Wildman–Crippen LogP) is 3.17. The van der Waals surface area contributed by atoms with Crippen molar-refractivity contribution in [3.8, 4) is 0 Å². The molecule has 0 aromatic carbocycles. The summed E-state index contributed by atoms with van der Waals surface area (Å²) in [6.45, 7) is 8.00. The van der Waals surface area contributed by atoms with Crippen LogP contribution in [0.25, 0.3) is 0 Å². The highest BCUT2D eigenvalue weighted by molar-refractivity contribution is 4.69. The van der Waals surface area contributed by atoms with Gasteiger partial charge in [0.15, 0.2) is 0 Å². The highest BCUT2D eigenvalue weighted by Gasteiger charge is 2.18. The Labute approximate surface area is 52.1 Å². The van der Waals surface area contributed by atoms with E-state index >= 15 is 0 Å². The molecule has 1 saturated carbocycles. The highest BCUT2D eigenvalue weighted by Crippen LogP contribution is 2.22. The number of alkyl halides is 1. The molecule has 0 amide bonds. The Morgan fingerprint density at radius 2 is 1.12 bits per heavy atom. The Hall–Kier alpha value is -0.0700. The van der Waals surface area contributed by atoms with Crippen molar-refractivity contribution in [2.24, 2.45) is 0 Å². The van der Waals surface area contributed by atoms with Crippen molar-refractivity contribution in [1.29, 1.82) is 0 Å². The quantitative estimate of drug-likeness (QED) is 0.460. The van der Waals surface area contributed by atoms with Crippen LogP contribution in [0.3, 0.4) is 0 Å². The number of rotatable bonds is 0. The summed E-state index contributed by atoms with van der Waals surface area (Å²) in [6.07, 6.45) is 1.22. The van der Waals surface area contributed by atoms with Gasteiger partial charge in [-0.05, 0) is 12.8 Å². The van der Waals surface area contributed by atoms with Crippen LogP contribution in [0.2, 0.25) is 0 Å². The van der Waals surface area contributed by atoms with E-state index in [4.69, 9.17) is 0 Å². The minimum Gasteiger partial charge on any atom is -0.247 e. The van der Waals surface area contributed by atoms with Gasteiger partial charge in [0.05, 0.1) is 0 Å². The normalized spacial score (nSPS) is 14.6. The fourth-order valence-corrected chi connectivity index (χ4v) is 0.0630. The maximum atomic E-state index is 11.1. The number of hydrogen-bond donors (Lipinski definition) is 0. The Balaban J connectivity index is 0. The van der Waals surface area contributed by atoms with Gasteiger partial charge in [-0.15, -0.1) is 0 Å². The van der Waals surface area contributed by atoms with Crippen molar-refractivity contribution < 1.29 is 4.39 Å². The third-order valence-electron chi connectivity index (χ3n) is 0.507. The summed E-state index contributed by atoms with van der Waals surface area (Å²) in [7, 11) is 0. The van der Waals surface area contributed by atoms with Crippen LogP contribution < -0.4 is 0 Å². The van der Waals surface area contributed by atoms with Gasteiger partial charge in [-0.2, -0.15) is 0 Å². The summed E-state index contributed by atoms with van der Waals surface area (Å²) in [5, 5.41) is 0. The first-order valence-corrected chi connectivity index (χ1v) is 3.53. The lowest BCUT2D eigenvalue weighted by Gasteiger charge is -1.50. The molecule has 1 fully saturated rings. The summed E-state index contributed by atoms with van der Waals surface area (Å²) in [6, 6.07) is 0. The van der Waals surface area contributed by atoms with Crippen molar-refractivity contribution in [3.63, 3.8) is 0 Å². The molecule has 0 nitrogen and oxygen atoms in total. The minimum atomic E-state index is -0.417. The van der Waals surface area contributed by atoms with E-state index in [1.165, 1.54) is 0 Å². The van der Waals surface area contributed by atoms with E-state index in [9.17, 15) is 4.39 Å². The van der Waals surface area contributed by atoms with Crippen molar-refractivity contribution in [3.05, 3.63) is 0 Å². The molecular weight excluding hydrogens is 103 g/mol. The summed E-state index contributed by atoms with van der Waals surface area (Å²) < 4.78 is 11.1. The van der Waals surface area contributed by atoms with Crippen molar-refractivity contribution in [2.45, 2.75) is 46.7 Å². The Kier molecular flexibility index (Phi) is 13.6. The van der Waals surface area contributed by atoms with Crippen LogP contribution in [0.5, 0.6) is 0 Å². The molecule has 1 rings (SSSR count). The zero-order chi connectivity index (χ0) is 6.99. The molecule has 0 N–H and O–H groups in total. The van der Waals surface area contributed by atoms with Gasteiger partial charge in [0.1, 0.15) is 6.17 Å². The number of halogens is 1. The van der Waals surface area contributed by atoms with Crippen LogP contribution >= 0.6 is 0 Å². The molecule has 0 bridgehead atoms. The molecule has 52 valence electrons. The molecule has 0 spiro atoms. The average Bonchev–Trinajstić information content (AvgIpc) is 2.62. The summed E-state index contributed by atoms with van der Waals surface area (Å²) >= 11 is 0. The van der Waals surface area contributed by atoms with E-state index in [2.05, 4.69) is 0 Å². The molecule has 0 heterocycles. The number of hydrogen-bond acceptors (Lipinski definition) is 0. The van der Waals surface area contributed by atoms with Crippen LogP contribution in [0.15, 0.2) is 0 Å². The third kappa shape index (κ3) is 16.8. The van der Waals surface area contributed by atoms with Crippen LogP contribution in [-0.4, -0.2) is 6.17 Å². The topological polar surface area (TPSA) is 0 Å². The first-order chi connectivity index (χ1) is 3.89. The lowest BCUT2D eigenvalue weighted by Crippen LogP contribution is -1.49. The summed E-state index contributed by atoms with van der Waals surface area (Å²) in [5.74, 6) is 0. The largest absolute Gasteiger partial charge is 0.247 e. The van der Waals surface area contributed by atoms with Gasteiger partial charge in [0.25, 0.3) is 0 Å². The van der Waals surface area contributed by atoms with Crippen molar-refractivity contribution in [1.82, 2.24) is 0 Å². The van der Waals surface area contributed by atoms with Gasteiger partial charge >= 0.3 is 0 Å². The first kappa shape index (κ1) is 10.8. The molecule has 0 saturated heterocycles. The standard InChI is InChI=1S/C3H5F.2C2H6/c4-3-1-2-3;2*1-2/h3H,1-2H2;2*1-2H3. The molecule has 0 atom stereocenters. The van der Waals surface area contributed by atoms with Crippen molar-refractivity contribution in [2.75, 3.05) is 0 Å². The summed E-state index contributed by atoms with van der Waals surface area (Å²) in [5.41, 5.74) is 0. The first-order valence-electron chi connectivity index (χ1n) is 3.53. The Bertz CT molecular complexity index is 23.6. The second-order valence-electron chi connectivity index (χ2n) is 1.17. The van der Waals surface area contributed by atoms with Crippen LogP contribution in [0.1, 0.15) is 40.5 Å². The summed E-state index contributed by atoms with van der Waals surface area (Å²) in [4.78, 5) is 0. The Morgan fingerprint density at radius 3 is 1.12 bits per heavy atom. The highest BCUT2D eigenvalue weighted by atomic mass is 19.1. The van der Waals surface area contributed by atoms with E-state index in [1.807, 2.05) is 27.7 Å². The molecule has 0 aliphatic heterocycles.